The minimum Gasteiger partial charge on any atom is -0.487 e. The SMILES string of the molecule is COCC(C)(CCO)NCc1ccc2c(c1)CC(C)(C)O2. The fourth-order valence-electron chi connectivity index (χ4n) is 2.87. The Morgan fingerprint density at radius 1 is 1.43 bits per heavy atom. The van der Waals surface area contributed by atoms with Crippen LogP contribution in [0.2, 0.25) is 0 Å². The summed E-state index contributed by atoms with van der Waals surface area (Å²) >= 11 is 0. The van der Waals surface area contributed by atoms with Crippen LogP contribution in [0.1, 0.15) is 38.3 Å². The molecule has 21 heavy (non-hydrogen) atoms. The van der Waals surface area contributed by atoms with E-state index in [0.717, 1.165) is 18.7 Å². The molecule has 1 unspecified atom stereocenters. The zero-order valence-electron chi connectivity index (χ0n) is 13.5. The van der Waals surface area contributed by atoms with Gasteiger partial charge in [0.1, 0.15) is 11.4 Å². The summed E-state index contributed by atoms with van der Waals surface area (Å²) in [6, 6.07) is 6.36. The number of methoxy groups -OCH3 is 1. The highest BCUT2D eigenvalue weighted by Crippen LogP contribution is 2.35. The summed E-state index contributed by atoms with van der Waals surface area (Å²) in [5.41, 5.74) is 2.19. The first-order chi connectivity index (χ1) is 9.87. The largest absolute Gasteiger partial charge is 0.487 e. The summed E-state index contributed by atoms with van der Waals surface area (Å²) in [6.45, 7) is 7.79. The summed E-state index contributed by atoms with van der Waals surface area (Å²) < 4.78 is 11.2. The van der Waals surface area contributed by atoms with Gasteiger partial charge in [0.15, 0.2) is 0 Å². The Morgan fingerprint density at radius 3 is 2.86 bits per heavy atom. The van der Waals surface area contributed by atoms with Crippen molar-refractivity contribution >= 4 is 0 Å². The van der Waals surface area contributed by atoms with Crippen molar-refractivity contribution in [3.8, 4) is 5.75 Å². The van der Waals surface area contributed by atoms with Crippen LogP contribution in [0.5, 0.6) is 5.75 Å². The molecule has 1 heterocycles. The van der Waals surface area contributed by atoms with E-state index in [9.17, 15) is 5.11 Å². The summed E-state index contributed by atoms with van der Waals surface area (Å²) in [5, 5.41) is 12.7. The number of aliphatic hydroxyl groups is 1. The predicted molar refractivity (Wildman–Crippen MR) is 83.7 cm³/mol. The van der Waals surface area contributed by atoms with Crippen LogP contribution in [-0.4, -0.2) is 36.6 Å². The Hall–Kier alpha value is -1.10. The fraction of sp³-hybridized carbons (Fsp3) is 0.647. The van der Waals surface area contributed by atoms with E-state index >= 15 is 0 Å². The average Bonchev–Trinajstić information content (AvgIpc) is 2.70. The van der Waals surface area contributed by atoms with Crippen LogP contribution in [0.3, 0.4) is 0 Å². The first kappa shape index (κ1) is 16.3. The van der Waals surface area contributed by atoms with Gasteiger partial charge in [0.25, 0.3) is 0 Å². The number of hydrogen-bond donors (Lipinski definition) is 2. The van der Waals surface area contributed by atoms with Gasteiger partial charge in [0, 0.05) is 32.2 Å². The molecular weight excluding hydrogens is 266 g/mol. The van der Waals surface area contributed by atoms with Crippen molar-refractivity contribution in [2.75, 3.05) is 20.3 Å². The third kappa shape index (κ3) is 4.19. The van der Waals surface area contributed by atoms with E-state index in [-0.39, 0.29) is 17.7 Å². The van der Waals surface area contributed by atoms with Gasteiger partial charge < -0.3 is 19.9 Å². The average molecular weight is 293 g/mol. The molecule has 0 amide bonds. The van der Waals surface area contributed by atoms with Crippen LogP contribution in [-0.2, 0) is 17.7 Å². The molecule has 0 fully saturated rings. The molecule has 2 N–H and O–H groups in total. The lowest BCUT2D eigenvalue weighted by Crippen LogP contribution is -2.46. The van der Waals surface area contributed by atoms with Gasteiger partial charge in [0.05, 0.1) is 6.61 Å². The van der Waals surface area contributed by atoms with Gasteiger partial charge in [-0.3, -0.25) is 0 Å². The number of fused-ring (bicyclic) bond motifs is 1. The van der Waals surface area contributed by atoms with Crippen molar-refractivity contribution in [1.82, 2.24) is 5.32 Å². The molecule has 1 aliphatic rings. The summed E-state index contributed by atoms with van der Waals surface area (Å²) in [4.78, 5) is 0. The first-order valence-electron chi connectivity index (χ1n) is 7.53. The van der Waals surface area contributed by atoms with Gasteiger partial charge in [-0.15, -0.1) is 0 Å². The normalized spacial score (nSPS) is 18.9. The van der Waals surface area contributed by atoms with Crippen molar-refractivity contribution < 1.29 is 14.6 Å². The van der Waals surface area contributed by atoms with E-state index in [1.807, 2.05) is 0 Å². The topological polar surface area (TPSA) is 50.7 Å². The zero-order chi connectivity index (χ0) is 15.5. The molecule has 1 atom stereocenters. The van der Waals surface area contributed by atoms with Crippen molar-refractivity contribution in [3.05, 3.63) is 29.3 Å². The lowest BCUT2D eigenvalue weighted by atomic mass is 9.97. The molecular formula is C17H27NO3. The fourth-order valence-corrected chi connectivity index (χ4v) is 2.87. The Labute approximate surface area is 127 Å². The standard InChI is InChI=1S/C17H27NO3/c1-16(2)10-14-9-13(5-6-15(14)21-16)11-18-17(3,7-8-19)12-20-4/h5-6,9,18-19H,7-8,10-12H2,1-4H3. The molecule has 1 aromatic carbocycles. The molecule has 0 aromatic heterocycles. The van der Waals surface area contributed by atoms with E-state index in [1.165, 1.54) is 11.1 Å². The third-order valence-corrected chi connectivity index (χ3v) is 3.97. The van der Waals surface area contributed by atoms with Crippen LogP contribution in [0.4, 0.5) is 0 Å². The van der Waals surface area contributed by atoms with Crippen LogP contribution in [0.15, 0.2) is 18.2 Å². The van der Waals surface area contributed by atoms with E-state index in [0.29, 0.717) is 13.0 Å². The molecule has 4 heteroatoms. The van der Waals surface area contributed by atoms with Crippen LogP contribution in [0, 0.1) is 0 Å². The maximum atomic E-state index is 9.20. The van der Waals surface area contributed by atoms with Gasteiger partial charge in [-0.05, 0) is 44.4 Å². The maximum Gasteiger partial charge on any atom is 0.123 e. The van der Waals surface area contributed by atoms with E-state index < -0.39 is 0 Å². The minimum atomic E-state index is -0.210. The highest BCUT2D eigenvalue weighted by Gasteiger charge is 2.30. The van der Waals surface area contributed by atoms with Gasteiger partial charge in [-0.1, -0.05) is 12.1 Å². The smallest absolute Gasteiger partial charge is 0.123 e. The second-order valence-corrected chi connectivity index (χ2v) is 6.80. The van der Waals surface area contributed by atoms with Gasteiger partial charge in [-0.25, -0.2) is 0 Å². The number of benzene rings is 1. The second kappa shape index (κ2) is 6.34. The molecule has 0 radical (unpaired) electrons. The van der Waals surface area contributed by atoms with Crippen molar-refractivity contribution in [2.45, 2.75) is 51.3 Å². The Morgan fingerprint density at radius 2 is 2.19 bits per heavy atom. The van der Waals surface area contributed by atoms with E-state index in [1.54, 1.807) is 7.11 Å². The number of aliphatic hydroxyl groups excluding tert-OH is 1. The van der Waals surface area contributed by atoms with Crippen LogP contribution < -0.4 is 10.1 Å². The summed E-state index contributed by atoms with van der Waals surface area (Å²) in [7, 11) is 1.69. The van der Waals surface area contributed by atoms with Crippen molar-refractivity contribution in [3.63, 3.8) is 0 Å². The van der Waals surface area contributed by atoms with E-state index in [2.05, 4.69) is 44.3 Å². The molecule has 2 rings (SSSR count). The van der Waals surface area contributed by atoms with Crippen molar-refractivity contribution in [1.29, 1.82) is 0 Å². The molecule has 0 spiro atoms. The Bertz CT molecular complexity index is 479. The monoisotopic (exact) mass is 293 g/mol. The summed E-state index contributed by atoms with van der Waals surface area (Å²) in [6.07, 6.45) is 1.62. The second-order valence-electron chi connectivity index (χ2n) is 6.80. The molecule has 0 bridgehead atoms. The number of nitrogens with one attached hydrogen (secondary N) is 1. The molecule has 0 aliphatic carbocycles. The van der Waals surface area contributed by atoms with Crippen LogP contribution >= 0.6 is 0 Å². The number of rotatable bonds is 7. The third-order valence-electron chi connectivity index (χ3n) is 3.97. The quantitative estimate of drug-likeness (QED) is 0.810. The molecule has 0 saturated carbocycles. The van der Waals surface area contributed by atoms with Crippen molar-refractivity contribution in [2.24, 2.45) is 0 Å². The number of ether oxygens (including phenoxy) is 2. The maximum absolute atomic E-state index is 9.20. The van der Waals surface area contributed by atoms with E-state index in [4.69, 9.17) is 9.47 Å². The highest BCUT2D eigenvalue weighted by molar-refractivity contribution is 5.41. The minimum absolute atomic E-state index is 0.101. The predicted octanol–water partition coefficient (Wildman–Crippen LogP) is 2.28. The zero-order valence-corrected chi connectivity index (χ0v) is 13.5. The first-order valence-corrected chi connectivity index (χ1v) is 7.53. The molecule has 1 aliphatic heterocycles. The van der Waals surface area contributed by atoms with Gasteiger partial charge in [0.2, 0.25) is 0 Å². The lowest BCUT2D eigenvalue weighted by Gasteiger charge is -2.29. The van der Waals surface area contributed by atoms with Gasteiger partial charge in [-0.2, -0.15) is 0 Å². The van der Waals surface area contributed by atoms with Gasteiger partial charge >= 0.3 is 0 Å². The molecule has 1 aromatic rings. The van der Waals surface area contributed by atoms with Crippen LogP contribution in [0.25, 0.3) is 0 Å². The molecule has 4 nitrogen and oxygen atoms in total. The Kier molecular flexibility index (Phi) is 4.91. The molecule has 0 saturated heterocycles. The highest BCUT2D eigenvalue weighted by atomic mass is 16.5. The number of hydrogen-bond acceptors (Lipinski definition) is 4. The lowest BCUT2D eigenvalue weighted by molar-refractivity contribution is 0.0969. The molecule has 118 valence electrons. The summed E-state index contributed by atoms with van der Waals surface area (Å²) in [5.74, 6) is 0.999. The Balaban J connectivity index is 2.01.